The van der Waals surface area contributed by atoms with Crippen LogP contribution in [0.15, 0.2) is 48.5 Å². The van der Waals surface area contributed by atoms with Crippen molar-refractivity contribution in [1.29, 1.82) is 0 Å². The van der Waals surface area contributed by atoms with Crippen LogP contribution in [0, 0.1) is 6.92 Å². The molecule has 2 amide bonds. The number of amides is 2. The summed E-state index contributed by atoms with van der Waals surface area (Å²) in [5, 5.41) is 5.52. The van der Waals surface area contributed by atoms with Crippen molar-refractivity contribution in [1.82, 2.24) is 0 Å². The van der Waals surface area contributed by atoms with Crippen LogP contribution >= 0.6 is 0 Å². The molecule has 0 aliphatic carbocycles. The van der Waals surface area contributed by atoms with Crippen LogP contribution < -0.4 is 10.6 Å². The number of benzene rings is 2. The number of hydrogen-bond donors (Lipinski definition) is 2. The van der Waals surface area contributed by atoms with Crippen molar-refractivity contribution in [2.45, 2.75) is 20.3 Å². The minimum atomic E-state index is -0.171. The molecule has 0 heterocycles. The third-order valence-electron chi connectivity index (χ3n) is 3.00. The Kier molecular flexibility index (Phi) is 4.72. The number of nitrogens with one attached hydrogen (secondary N) is 2. The summed E-state index contributed by atoms with van der Waals surface area (Å²) in [5.74, 6) is -0.285. The zero-order valence-electron chi connectivity index (χ0n) is 12.1. The van der Waals surface area contributed by atoms with E-state index in [1.165, 1.54) is 6.92 Å². The summed E-state index contributed by atoms with van der Waals surface area (Å²) in [6.45, 7) is 3.44. The lowest BCUT2D eigenvalue weighted by molar-refractivity contribution is -0.116. The average Bonchev–Trinajstić information content (AvgIpc) is 2.43. The van der Waals surface area contributed by atoms with Gasteiger partial charge in [-0.3, -0.25) is 9.59 Å². The monoisotopic (exact) mass is 282 g/mol. The van der Waals surface area contributed by atoms with Gasteiger partial charge in [0.2, 0.25) is 11.8 Å². The summed E-state index contributed by atoms with van der Waals surface area (Å²) in [6.07, 6.45) is 0.300. The third kappa shape index (κ3) is 4.45. The molecule has 2 N–H and O–H groups in total. The van der Waals surface area contributed by atoms with Gasteiger partial charge in [-0.1, -0.05) is 42.0 Å². The second-order valence-electron chi connectivity index (χ2n) is 4.94. The Hall–Kier alpha value is -2.62. The Morgan fingerprint density at radius 2 is 1.48 bits per heavy atom. The number of anilines is 2. The molecule has 0 spiro atoms. The molecule has 0 saturated heterocycles. The van der Waals surface area contributed by atoms with Gasteiger partial charge in [0.15, 0.2) is 0 Å². The molecule has 0 radical (unpaired) electrons. The van der Waals surface area contributed by atoms with Gasteiger partial charge in [0, 0.05) is 6.92 Å². The molecule has 21 heavy (non-hydrogen) atoms. The van der Waals surface area contributed by atoms with Crippen molar-refractivity contribution in [3.63, 3.8) is 0 Å². The largest absolute Gasteiger partial charge is 0.325 e. The lowest BCUT2D eigenvalue weighted by atomic mass is 10.1. The molecule has 0 aromatic heterocycles. The van der Waals surface area contributed by atoms with Crippen LogP contribution in [-0.4, -0.2) is 11.8 Å². The number of rotatable bonds is 4. The Morgan fingerprint density at radius 1 is 0.905 bits per heavy atom. The Labute approximate surface area is 124 Å². The maximum absolute atomic E-state index is 12.1. The Bertz CT molecular complexity index is 648. The zero-order chi connectivity index (χ0) is 15.2. The van der Waals surface area contributed by atoms with Crippen LogP contribution in [0.5, 0.6) is 0 Å². The van der Waals surface area contributed by atoms with E-state index in [1.807, 2.05) is 37.3 Å². The number of carbonyl (C=O) groups is 2. The summed E-state index contributed by atoms with van der Waals surface area (Å²) < 4.78 is 0. The van der Waals surface area contributed by atoms with Gasteiger partial charge < -0.3 is 10.6 Å². The van der Waals surface area contributed by atoms with Crippen LogP contribution in [0.2, 0.25) is 0 Å². The fourth-order valence-electron chi connectivity index (χ4n) is 1.98. The van der Waals surface area contributed by atoms with Crippen LogP contribution in [-0.2, 0) is 16.0 Å². The van der Waals surface area contributed by atoms with Crippen LogP contribution in [0.4, 0.5) is 11.4 Å². The molecule has 0 atom stereocenters. The highest BCUT2D eigenvalue weighted by molar-refractivity contribution is 5.99. The first-order valence-corrected chi connectivity index (χ1v) is 6.76. The highest BCUT2D eigenvalue weighted by Gasteiger charge is 2.08. The lowest BCUT2D eigenvalue weighted by Crippen LogP contribution is -2.16. The van der Waals surface area contributed by atoms with Gasteiger partial charge in [-0.15, -0.1) is 0 Å². The molecule has 0 aliphatic heterocycles. The average molecular weight is 282 g/mol. The van der Waals surface area contributed by atoms with Crippen molar-refractivity contribution in [2.24, 2.45) is 0 Å². The number of para-hydroxylation sites is 2. The third-order valence-corrected chi connectivity index (χ3v) is 3.00. The second-order valence-corrected chi connectivity index (χ2v) is 4.94. The van der Waals surface area contributed by atoms with Crippen molar-refractivity contribution in [2.75, 3.05) is 10.6 Å². The molecule has 2 rings (SSSR count). The minimum absolute atomic E-state index is 0.114. The molecule has 0 fully saturated rings. The van der Waals surface area contributed by atoms with Gasteiger partial charge in [-0.2, -0.15) is 0 Å². The molecule has 0 bridgehead atoms. The Balaban J connectivity index is 2.05. The SMILES string of the molecule is CC(=O)Nc1ccccc1NC(=O)Cc1ccc(C)cc1. The molecule has 108 valence electrons. The smallest absolute Gasteiger partial charge is 0.228 e. The van der Waals surface area contributed by atoms with Crippen molar-refractivity contribution in [3.8, 4) is 0 Å². The summed E-state index contributed by atoms with van der Waals surface area (Å²) in [6, 6.07) is 15.0. The van der Waals surface area contributed by atoms with E-state index in [9.17, 15) is 9.59 Å². The van der Waals surface area contributed by atoms with Gasteiger partial charge in [-0.05, 0) is 24.6 Å². The first kappa shape index (κ1) is 14.8. The summed E-state index contributed by atoms with van der Waals surface area (Å²) in [5.41, 5.74) is 3.32. The quantitative estimate of drug-likeness (QED) is 0.905. The number of hydrogen-bond acceptors (Lipinski definition) is 2. The topological polar surface area (TPSA) is 58.2 Å². The van der Waals surface area contributed by atoms with E-state index in [0.717, 1.165) is 11.1 Å². The zero-order valence-corrected chi connectivity index (χ0v) is 12.1. The summed E-state index contributed by atoms with van der Waals surface area (Å²) >= 11 is 0. The van der Waals surface area contributed by atoms with E-state index in [4.69, 9.17) is 0 Å². The van der Waals surface area contributed by atoms with Crippen molar-refractivity contribution < 1.29 is 9.59 Å². The molecule has 0 saturated carbocycles. The predicted octanol–water partition coefficient (Wildman–Crippen LogP) is 3.13. The lowest BCUT2D eigenvalue weighted by Gasteiger charge is -2.11. The fraction of sp³-hybridized carbons (Fsp3) is 0.176. The maximum Gasteiger partial charge on any atom is 0.228 e. The highest BCUT2D eigenvalue weighted by atomic mass is 16.2. The standard InChI is InChI=1S/C17H18N2O2/c1-12-7-9-14(10-8-12)11-17(21)19-16-6-4-3-5-15(16)18-13(2)20/h3-10H,11H2,1-2H3,(H,18,20)(H,19,21). The van der Waals surface area contributed by atoms with E-state index >= 15 is 0 Å². The van der Waals surface area contributed by atoms with Crippen molar-refractivity contribution in [3.05, 3.63) is 59.7 Å². The van der Waals surface area contributed by atoms with Gasteiger partial charge >= 0.3 is 0 Å². The molecule has 2 aromatic rings. The van der Waals surface area contributed by atoms with E-state index in [0.29, 0.717) is 17.8 Å². The normalized spacial score (nSPS) is 10.0. The van der Waals surface area contributed by atoms with E-state index < -0.39 is 0 Å². The van der Waals surface area contributed by atoms with Gasteiger partial charge in [0.25, 0.3) is 0 Å². The number of carbonyl (C=O) groups excluding carboxylic acids is 2. The minimum Gasteiger partial charge on any atom is -0.325 e. The van der Waals surface area contributed by atoms with E-state index in [2.05, 4.69) is 10.6 Å². The second kappa shape index (κ2) is 6.70. The first-order chi connectivity index (χ1) is 10.0. The summed E-state index contributed by atoms with van der Waals surface area (Å²) in [7, 11) is 0. The molecule has 0 unspecified atom stereocenters. The molecule has 0 aliphatic rings. The summed E-state index contributed by atoms with van der Waals surface area (Å²) in [4.78, 5) is 23.2. The molecular formula is C17H18N2O2. The molecular weight excluding hydrogens is 264 g/mol. The van der Waals surface area contributed by atoms with Gasteiger partial charge in [0.1, 0.15) is 0 Å². The molecule has 4 nitrogen and oxygen atoms in total. The van der Waals surface area contributed by atoms with Crippen LogP contribution in [0.25, 0.3) is 0 Å². The van der Waals surface area contributed by atoms with Crippen LogP contribution in [0.1, 0.15) is 18.1 Å². The fourth-order valence-corrected chi connectivity index (χ4v) is 1.98. The van der Waals surface area contributed by atoms with Crippen LogP contribution in [0.3, 0.4) is 0 Å². The molecule has 2 aromatic carbocycles. The van der Waals surface area contributed by atoms with Crippen molar-refractivity contribution >= 4 is 23.2 Å². The number of aryl methyl sites for hydroxylation is 1. The maximum atomic E-state index is 12.1. The van der Waals surface area contributed by atoms with E-state index in [-0.39, 0.29) is 11.8 Å². The van der Waals surface area contributed by atoms with Gasteiger partial charge in [0.05, 0.1) is 17.8 Å². The van der Waals surface area contributed by atoms with Gasteiger partial charge in [-0.25, -0.2) is 0 Å². The predicted molar refractivity (Wildman–Crippen MR) is 84.3 cm³/mol. The van der Waals surface area contributed by atoms with E-state index in [1.54, 1.807) is 18.2 Å². The molecule has 4 heteroatoms. The Morgan fingerprint density at radius 3 is 2.05 bits per heavy atom. The first-order valence-electron chi connectivity index (χ1n) is 6.76. The highest BCUT2D eigenvalue weighted by Crippen LogP contribution is 2.21.